The number of anilines is 1. The number of carbonyl (C=O) groups is 2. The van der Waals surface area contributed by atoms with Crippen LogP contribution in [0.15, 0.2) is 36.4 Å². The van der Waals surface area contributed by atoms with Gasteiger partial charge in [-0.25, -0.2) is 0 Å². The third kappa shape index (κ3) is 3.41. The summed E-state index contributed by atoms with van der Waals surface area (Å²) in [6, 6.07) is 5.41. The quantitative estimate of drug-likeness (QED) is 0.580. The molecule has 34 heavy (non-hydrogen) atoms. The van der Waals surface area contributed by atoms with Crippen molar-refractivity contribution in [2.24, 2.45) is 34.5 Å². The minimum atomic E-state index is -4.51. The number of fused-ring (bicyclic) bond motifs is 5. The minimum Gasteiger partial charge on any atom is -0.338 e. The molecule has 1 heterocycles. The number of carbonyl (C=O) groups excluding carboxylic acids is 2. The predicted octanol–water partition coefficient (Wildman–Crippen LogP) is 5.90. The molecule has 5 rings (SSSR count). The van der Waals surface area contributed by atoms with Gasteiger partial charge in [0.15, 0.2) is 0 Å². The Balaban J connectivity index is 1.38. The summed E-state index contributed by atoms with van der Waals surface area (Å²) in [5, 5.41) is 2.64. The molecule has 0 saturated heterocycles. The van der Waals surface area contributed by atoms with Crippen LogP contribution in [0, 0.1) is 34.5 Å². The van der Waals surface area contributed by atoms with Crippen molar-refractivity contribution in [3.8, 4) is 0 Å². The molecule has 3 fully saturated rings. The van der Waals surface area contributed by atoms with E-state index >= 15 is 0 Å². The number of hydrogen-bond donors (Lipinski definition) is 1. The van der Waals surface area contributed by atoms with E-state index < -0.39 is 11.7 Å². The maximum Gasteiger partial charge on any atom is 0.418 e. The van der Waals surface area contributed by atoms with Crippen LogP contribution >= 0.6 is 0 Å². The number of benzene rings is 1. The van der Waals surface area contributed by atoms with Crippen LogP contribution in [0.2, 0.25) is 0 Å². The number of halogens is 3. The molecular formula is C27H33F3N2O2. The molecule has 184 valence electrons. The molecule has 2 amide bonds. The summed E-state index contributed by atoms with van der Waals surface area (Å²) >= 11 is 0. The number of rotatable bonds is 2. The van der Waals surface area contributed by atoms with Gasteiger partial charge in [-0.1, -0.05) is 32.1 Å². The van der Waals surface area contributed by atoms with Crippen LogP contribution in [0.1, 0.15) is 57.9 Å². The van der Waals surface area contributed by atoms with Crippen molar-refractivity contribution < 1.29 is 22.8 Å². The molecule has 1 aromatic carbocycles. The van der Waals surface area contributed by atoms with Gasteiger partial charge >= 0.3 is 6.18 Å². The number of alkyl halides is 3. The maximum absolute atomic E-state index is 13.4. The first-order valence-electron chi connectivity index (χ1n) is 12.4. The van der Waals surface area contributed by atoms with Crippen molar-refractivity contribution in [2.45, 2.75) is 64.6 Å². The van der Waals surface area contributed by atoms with Crippen molar-refractivity contribution in [3.05, 3.63) is 42.0 Å². The van der Waals surface area contributed by atoms with Gasteiger partial charge in [0.25, 0.3) is 0 Å². The monoisotopic (exact) mass is 474 g/mol. The highest BCUT2D eigenvalue weighted by Crippen LogP contribution is 2.65. The summed E-state index contributed by atoms with van der Waals surface area (Å²) in [7, 11) is 1.90. The topological polar surface area (TPSA) is 49.4 Å². The number of nitrogens with one attached hydrogen (secondary N) is 1. The standard InChI is InChI=1S/C27H33F3N2O2/c1-25-14-12-18-16(8-11-22-26(18,2)15-13-23(33)32(22)3)17(25)9-10-20(25)24(34)31-21-7-5-4-6-19(21)27(28,29)30/h4-7,13,15-18,20,22H,8-12,14H2,1-3H3,(H,31,34)/t16?,17-,18-,20+,22+,25-,26+/m0/s1. The largest absolute Gasteiger partial charge is 0.418 e. The van der Waals surface area contributed by atoms with Crippen molar-refractivity contribution in [1.29, 1.82) is 0 Å². The number of likely N-dealkylation sites (N-methyl/N-ethyl adjacent to an activating group) is 1. The smallest absolute Gasteiger partial charge is 0.338 e. The molecular weight excluding hydrogens is 441 g/mol. The number of nitrogens with zero attached hydrogens (tertiary/aromatic N) is 1. The molecule has 3 aliphatic carbocycles. The van der Waals surface area contributed by atoms with E-state index in [1.165, 1.54) is 18.2 Å². The first-order valence-corrected chi connectivity index (χ1v) is 12.4. The summed E-state index contributed by atoms with van der Waals surface area (Å²) in [4.78, 5) is 27.5. The van der Waals surface area contributed by atoms with Crippen LogP contribution in [-0.2, 0) is 15.8 Å². The summed E-state index contributed by atoms with van der Waals surface area (Å²) in [5.41, 5.74) is -1.25. The molecule has 3 saturated carbocycles. The van der Waals surface area contributed by atoms with Crippen LogP contribution in [0.3, 0.4) is 0 Å². The minimum absolute atomic E-state index is 0.0679. The van der Waals surface area contributed by atoms with E-state index in [2.05, 4.69) is 25.2 Å². The number of hydrogen-bond acceptors (Lipinski definition) is 2. The Bertz CT molecular complexity index is 1040. The Hall–Kier alpha value is -2.31. The SMILES string of the molecule is CN1C(=O)C=C[C@]2(C)[C@H]3CC[C@]4(C)[C@@H](C(=O)Nc5ccccc5C(F)(F)F)CC[C@H]4C3CC[C@@H]12. The maximum atomic E-state index is 13.4. The average Bonchev–Trinajstić information content (AvgIpc) is 3.13. The summed E-state index contributed by atoms with van der Waals surface area (Å²) < 4.78 is 40.3. The van der Waals surface area contributed by atoms with Gasteiger partial charge < -0.3 is 10.2 Å². The fourth-order valence-corrected chi connectivity index (χ4v) is 8.23. The molecule has 4 aliphatic rings. The third-order valence-electron chi connectivity index (χ3n) is 9.93. The third-order valence-corrected chi connectivity index (χ3v) is 9.93. The second-order valence-electron chi connectivity index (χ2n) is 11.3. The molecule has 1 aliphatic heterocycles. The lowest BCUT2D eigenvalue weighted by Crippen LogP contribution is -2.59. The van der Waals surface area contributed by atoms with Crippen molar-refractivity contribution in [1.82, 2.24) is 4.90 Å². The first-order chi connectivity index (χ1) is 16.0. The molecule has 7 atom stereocenters. The lowest BCUT2D eigenvalue weighted by atomic mass is 9.47. The van der Waals surface area contributed by atoms with Crippen molar-refractivity contribution in [3.63, 3.8) is 0 Å². The molecule has 7 heteroatoms. The normalized spacial score (nSPS) is 39.3. The molecule has 0 radical (unpaired) electrons. The summed E-state index contributed by atoms with van der Waals surface area (Å²) in [6.07, 6.45) is 4.80. The highest BCUT2D eigenvalue weighted by atomic mass is 19.4. The van der Waals surface area contributed by atoms with E-state index in [1.807, 2.05) is 11.9 Å². The van der Waals surface area contributed by atoms with Gasteiger partial charge in [-0.2, -0.15) is 13.2 Å². The fraction of sp³-hybridized carbons (Fsp3) is 0.630. The van der Waals surface area contributed by atoms with E-state index in [9.17, 15) is 22.8 Å². The predicted molar refractivity (Wildman–Crippen MR) is 124 cm³/mol. The summed E-state index contributed by atoms with van der Waals surface area (Å²) in [6.45, 7) is 4.46. The molecule has 0 bridgehead atoms. The number of amides is 2. The Morgan fingerprint density at radius 3 is 2.53 bits per heavy atom. The molecule has 1 unspecified atom stereocenters. The number of para-hydroxylation sites is 1. The lowest BCUT2D eigenvalue weighted by Gasteiger charge is -2.60. The highest BCUT2D eigenvalue weighted by Gasteiger charge is 2.61. The highest BCUT2D eigenvalue weighted by molar-refractivity contribution is 5.94. The zero-order valence-corrected chi connectivity index (χ0v) is 20.0. The van der Waals surface area contributed by atoms with Gasteiger partial charge in [0.2, 0.25) is 11.8 Å². The second kappa shape index (κ2) is 7.85. The van der Waals surface area contributed by atoms with Crippen LogP contribution in [0.25, 0.3) is 0 Å². The van der Waals surface area contributed by atoms with Gasteiger partial charge in [-0.15, -0.1) is 0 Å². The van der Waals surface area contributed by atoms with Crippen molar-refractivity contribution >= 4 is 17.5 Å². The molecule has 1 aromatic rings. The van der Waals surface area contributed by atoms with Crippen LogP contribution in [0.5, 0.6) is 0 Å². The van der Waals surface area contributed by atoms with Crippen LogP contribution in [-0.4, -0.2) is 29.8 Å². The van der Waals surface area contributed by atoms with E-state index in [0.29, 0.717) is 24.2 Å². The molecule has 0 aromatic heterocycles. The van der Waals surface area contributed by atoms with Crippen molar-refractivity contribution in [2.75, 3.05) is 12.4 Å². The molecule has 0 spiro atoms. The van der Waals surface area contributed by atoms with E-state index in [4.69, 9.17) is 0 Å². The van der Waals surface area contributed by atoms with Gasteiger partial charge in [0.05, 0.1) is 11.3 Å². The van der Waals surface area contributed by atoms with Gasteiger partial charge in [-0.3, -0.25) is 9.59 Å². The Labute approximate surface area is 199 Å². The van der Waals surface area contributed by atoms with E-state index in [0.717, 1.165) is 38.2 Å². The molecule has 1 N–H and O–H groups in total. The lowest BCUT2D eigenvalue weighted by molar-refractivity contribution is -0.141. The summed E-state index contributed by atoms with van der Waals surface area (Å²) in [5.74, 6) is 0.766. The van der Waals surface area contributed by atoms with Gasteiger partial charge in [0.1, 0.15) is 0 Å². The van der Waals surface area contributed by atoms with Crippen LogP contribution in [0.4, 0.5) is 18.9 Å². The Morgan fingerprint density at radius 1 is 1.06 bits per heavy atom. The first kappa shape index (κ1) is 23.4. The van der Waals surface area contributed by atoms with Gasteiger partial charge in [-0.05, 0) is 79.9 Å². The second-order valence-corrected chi connectivity index (χ2v) is 11.3. The zero-order chi connectivity index (χ0) is 24.5. The van der Waals surface area contributed by atoms with Gasteiger partial charge in [0, 0.05) is 24.4 Å². The average molecular weight is 475 g/mol. The van der Waals surface area contributed by atoms with E-state index in [1.54, 1.807) is 6.08 Å². The zero-order valence-electron chi connectivity index (χ0n) is 20.0. The Morgan fingerprint density at radius 2 is 1.79 bits per heavy atom. The molecule has 4 nitrogen and oxygen atoms in total. The fourth-order valence-electron chi connectivity index (χ4n) is 8.23. The Kier molecular flexibility index (Phi) is 5.41. The van der Waals surface area contributed by atoms with Crippen LogP contribution < -0.4 is 5.32 Å². The van der Waals surface area contributed by atoms with E-state index in [-0.39, 0.29) is 40.3 Å².